The van der Waals surface area contributed by atoms with Gasteiger partial charge in [0, 0.05) is 0 Å². The van der Waals surface area contributed by atoms with Gasteiger partial charge in [-0.2, -0.15) is 0 Å². The number of ether oxygens (including phenoxy) is 1. The zero-order valence-electron chi connectivity index (χ0n) is 9.51. The number of rotatable bonds is 5. The third kappa shape index (κ3) is 4.44. The molecule has 0 saturated heterocycles. The monoisotopic (exact) mass is 258 g/mol. The summed E-state index contributed by atoms with van der Waals surface area (Å²) in [7, 11) is 0. The topological polar surface area (TPSA) is 63.6 Å². The number of carboxylic acids is 1. The third-order valence-electron chi connectivity index (χ3n) is 2.11. The normalized spacial score (nSPS) is 9.24. The summed E-state index contributed by atoms with van der Waals surface area (Å²) in [6.45, 7) is 2.31. The second-order valence-corrected chi connectivity index (χ2v) is 3.34. The van der Waals surface area contributed by atoms with Crippen LogP contribution in [0.5, 0.6) is 0 Å². The molecule has 0 saturated carbocycles. The van der Waals surface area contributed by atoms with Crippen molar-refractivity contribution in [1.29, 1.82) is 0 Å². The average Bonchev–Trinajstić information content (AvgIpc) is 2.29. The lowest BCUT2D eigenvalue weighted by molar-refractivity contribution is 0.0489. The molecule has 0 aliphatic carbocycles. The first-order valence-electron chi connectivity index (χ1n) is 5.16. The van der Waals surface area contributed by atoms with E-state index in [2.05, 4.69) is 0 Å². The van der Waals surface area contributed by atoms with Crippen molar-refractivity contribution in [3.05, 3.63) is 35.4 Å². The molecule has 0 aliphatic heterocycles. The molecule has 0 aromatic heterocycles. The summed E-state index contributed by atoms with van der Waals surface area (Å²) in [5, 5.41) is 8.88. The van der Waals surface area contributed by atoms with Gasteiger partial charge in [-0.15, -0.1) is 12.4 Å². The van der Waals surface area contributed by atoms with E-state index in [1.807, 2.05) is 6.92 Å². The van der Waals surface area contributed by atoms with Crippen LogP contribution in [0.1, 0.15) is 40.5 Å². The molecule has 5 heteroatoms. The van der Waals surface area contributed by atoms with Gasteiger partial charge in [0.25, 0.3) is 0 Å². The van der Waals surface area contributed by atoms with Crippen molar-refractivity contribution in [1.82, 2.24) is 0 Å². The Balaban J connectivity index is 0.00000256. The van der Waals surface area contributed by atoms with Crippen molar-refractivity contribution in [2.24, 2.45) is 0 Å². The zero-order valence-corrected chi connectivity index (χ0v) is 10.3. The molecular weight excluding hydrogens is 244 g/mol. The van der Waals surface area contributed by atoms with Gasteiger partial charge in [-0.1, -0.05) is 25.5 Å². The second kappa shape index (κ2) is 7.68. The minimum absolute atomic E-state index is 0. The van der Waals surface area contributed by atoms with Gasteiger partial charge >= 0.3 is 11.9 Å². The number of hydrogen-bond acceptors (Lipinski definition) is 3. The van der Waals surface area contributed by atoms with Crippen LogP contribution >= 0.6 is 12.4 Å². The fourth-order valence-corrected chi connectivity index (χ4v) is 1.23. The highest BCUT2D eigenvalue weighted by atomic mass is 35.5. The highest BCUT2D eigenvalue weighted by Crippen LogP contribution is 2.10. The molecule has 0 unspecified atom stereocenters. The molecule has 0 spiro atoms. The second-order valence-electron chi connectivity index (χ2n) is 3.34. The Hall–Kier alpha value is -1.55. The van der Waals surface area contributed by atoms with E-state index in [9.17, 15) is 9.59 Å². The van der Waals surface area contributed by atoms with Gasteiger partial charge in [0.2, 0.25) is 0 Å². The predicted molar refractivity (Wildman–Crippen MR) is 65.8 cm³/mol. The molecule has 1 N–H and O–H groups in total. The largest absolute Gasteiger partial charge is 0.478 e. The van der Waals surface area contributed by atoms with Crippen molar-refractivity contribution < 1.29 is 19.4 Å². The fourth-order valence-electron chi connectivity index (χ4n) is 1.23. The van der Waals surface area contributed by atoms with Gasteiger partial charge in [0.1, 0.15) is 0 Å². The molecule has 0 heterocycles. The minimum Gasteiger partial charge on any atom is -0.478 e. The molecule has 94 valence electrons. The molecule has 0 fully saturated rings. The molecule has 1 rings (SSSR count). The Morgan fingerprint density at radius 1 is 1.24 bits per heavy atom. The van der Waals surface area contributed by atoms with Crippen LogP contribution in [0.2, 0.25) is 0 Å². The van der Waals surface area contributed by atoms with Gasteiger partial charge < -0.3 is 9.84 Å². The van der Waals surface area contributed by atoms with Crippen LogP contribution in [0.15, 0.2) is 24.3 Å². The number of unbranched alkanes of at least 4 members (excludes halogenated alkanes) is 1. The van der Waals surface area contributed by atoms with Gasteiger partial charge in [-0.05, 0) is 18.6 Å². The Bertz CT molecular complexity index is 390. The van der Waals surface area contributed by atoms with Crippen LogP contribution in [-0.4, -0.2) is 23.7 Å². The standard InChI is InChI=1S/C12H14O4.ClH/c1-2-3-8-16-12(15)10-7-5-4-6-9(10)11(13)14;/h4-7H,2-3,8H2,1H3,(H,13,14);1H. The quantitative estimate of drug-likeness (QED) is 0.652. The van der Waals surface area contributed by atoms with Crippen molar-refractivity contribution in [3.63, 3.8) is 0 Å². The van der Waals surface area contributed by atoms with Crippen molar-refractivity contribution >= 4 is 24.3 Å². The summed E-state index contributed by atoms with van der Waals surface area (Å²) in [6.07, 6.45) is 1.70. The van der Waals surface area contributed by atoms with Gasteiger partial charge in [0.15, 0.2) is 0 Å². The first kappa shape index (κ1) is 15.4. The maximum Gasteiger partial charge on any atom is 0.339 e. The van der Waals surface area contributed by atoms with E-state index in [-0.39, 0.29) is 23.5 Å². The summed E-state index contributed by atoms with van der Waals surface area (Å²) in [4.78, 5) is 22.4. The molecule has 17 heavy (non-hydrogen) atoms. The van der Waals surface area contributed by atoms with E-state index < -0.39 is 11.9 Å². The van der Waals surface area contributed by atoms with Crippen molar-refractivity contribution in [3.8, 4) is 0 Å². The number of hydrogen-bond donors (Lipinski definition) is 1. The highest BCUT2D eigenvalue weighted by Gasteiger charge is 2.16. The molecule has 1 aromatic carbocycles. The van der Waals surface area contributed by atoms with Gasteiger partial charge in [-0.25, -0.2) is 9.59 Å². The Morgan fingerprint density at radius 3 is 2.35 bits per heavy atom. The van der Waals surface area contributed by atoms with Crippen LogP contribution in [0.4, 0.5) is 0 Å². The minimum atomic E-state index is -1.12. The number of aromatic carboxylic acids is 1. The number of carboxylic acid groups (broad SMARTS) is 1. The molecular formula is C12H15ClO4. The lowest BCUT2D eigenvalue weighted by Crippen LogP contribution is -2.12. The van der Waals surface area contributed by atoms with Gasteiger partial charge in [-0.3, -0.25) is 0 Å². The molecule has 0 radical (unpaired) electrons. The van der Waals surface area contributed by atoms with Crippen LogP contribution in [-0.2, 0) is 4.74 Å². The summed E-state index contributed by atoms with van der Waals surface area (Å²) in [6, 6.07) is 6.03. The lowest BCUT2D eigenvalue weighted by Gasteiger charge is -2.06. The third-order valence-corrected chi connectivity index (χ3v) is 2.11. The van der Waals surface area contributed by atoms with E-state index in [0.29, 0.717) is 6.61 Å². The molecule has 0 amide bonds. The van der Waals surface area contributed by atoms with Crippen LogP contribution in [0.25, 0.3) is 0 Å². The first-order chi connectivity index (χ1) is 7.66. The SMILES string of the molecule is CCCCOC(=O)c1ccccc1C(=O)O.Cl. The summed E-state index contributed by atoms with van der Waals surface area (Å²) in [5.41, 5.74) is 0.0788. The number of carbonyl (C=O) groups is 2. The van der Waals surface area contributed by atoms with Crippen LogP contribution in [0.3, 0.4) is 0 Å². The first-order valence-corrected chi connectivity index (χ1v) is 5.16. The Morgan fingerprint density at radius 2 is 1.82 bits per heavy atom. The van der Waals surface area contributed by atoms with E-state index in [1.54, 1.807) is 12.1 Å². The van der Waals surface area contributed by atoms with Crippen LogP contribution < -0.4 is 0 Å². The zero-order chi connectivity index (χ0) is 12.0. The van der Waals surface area contributed by atoms with E-state index >= 15 is 0 Å². The molecule has 0 aliphatic rings. The number of esters is 1. The number of benzene rings is 1. The lowest BCUT2D eigenvalue weighted by atomic mass is 10.1. The van der Waals surface area contributed by atoms with E-state index in [0.717, 1.165) is 12.8 Å². The van der Waals surface area contributed by atoms with Crippen molar-refractivity contribution in [2.45, 2.75) is 19.8 Å². The Kier molecular flexibility index (Phi) is 6.98. The van der Waals surface area contributed by atoms with E-state index in [1.165, 1.54) is 12.1 Å². The maximum atomic E-state index is 11.6. The fraction of sp³-hybridized carbons (Fsp3) is 0.333. The summed E-state index contributed by atoms with van der Waals surface area (Å²) >= 11 is 0. The smallest absolute Gasteiger partial charge is 0.339 e. The molecule has 4 nitrogen and oxygen atoms in total. The molecule has 0 bridgehead atoms. The van der Waals surface area contributed by atoms with Crippen LogP contribution in [0, 0.1) is 0 Å². The number of carbonyl (C=O) groups excluding carboxylic acids is 1. The summed E-state index contributed by atoms with van der Waals surface area (Å²) in [5.74, 6) is -1.70. The Labute approximate surface area is 106 Å². The predicted octanol–water partition coefficient (Wildman–Crippen LogP) is 2.76. The number of halogens is 1. The highest BCUT2D eigenvalue weighted by molar-refractivity contribution is 6.02. The molecule has 1 aromatic rings. The average molecular weight is 259 g/mol. The summed E-state index contributed by atoms with van der Waals surface area (Å²) < 4.78 is 4.96. The van der Waals surface area contributed by atoms with E-state index in [4.69, 9.17) is 9.84 Å². The van der Waals surface area contributed by atoms with Gasteiger partial charge in [0.05, 0.1) is 17.7 Å². The van der Waals surface area contributed by atoms with Crippen molar-refractivity contribution in [2.75, 3.05) is 6.61 Å². The molecule has 0 atom stereocenters. The maximum absolute atomic E-state index is 11.6.